The molecule has 0 aliphatic heterocycles. The van der Waals surface area contributed by atoms with Crippen molar-refractivity contribution in [3.05, 3.63) is 51.7 Å². The molecule has 2 aromatic heterocycles. The number of fused-ring (bicyclic) bond motifs is 1. The second-order valence-electron chi connectivity index (χ2n) is 4.89. The number of carbonyl (C=O) groups is 1. The molecule has 1 amide bonds. The fourth-order valence-corrected chi connectivity index (χ4v) is 3.71. The molecule has 8 heteroatoms. The molecule has 0 spiro atoms. The van der Waals surface area contributed by atoms with Gasteiger partial charge >= 0.3 is 6.18 Å². The molecule has 0 fully saturated rings. The Kier molecular flexibility index (Phi) is 4.36. The largest absolute Gasteiger partial charge is 0.406 e. The third-order valence-electron chi connectivity index (χ3n) is 3.09. The molecule has 120 valence electrons. The summed E-state index contributed by atoms with van der Waals surface area (Å²) >= 11 is 2.48. The molecule has 23 heavy (non-hydrogen) atoms. The summed E-state index contributed by atoms with van der Waals surface area (Å²) in [6, 6.07) is 8.80. The third-order valence-corrected chi connectivity index (χ3v) is 4.84. The predicted octanol–water partition coefficient (Wildman–Crippen LogP) is 4.56. The molecule has 0 N–H and O–H groups in total. The van der Waals surface area contributed by atoms with Crippen molar-refractivity contribution in [2.24, 2.45) is 0 Å². The van der Waals surface area contributed by atoms with Crippen LogP contribution in [0.1, 0.15) is 15.4 Å². The fraction of sp³-hybridized carbons (Fsp3) is 0.200. The van der Waals surface area contributed by atoms with Gasteiger partial charge in [-0.05, 0) is 34.5 Å². The van der Waals surface area contributed by atoms with Crippen molar-refractivity contribution in [3.63, 3.8) is 0 Å². The summed E-state index contributed by atoms with van der Waals surface area (Å²) in [5, 5.41) is 3.57. The predicted molar refractivity (Wildman–Crippen MR) is 84.7 cm³/mol. The summed E-state index contributed by atoms with van der Waals surface area (Å²) in [6.45, 7) is -1.38. The van der Waals surface area contributed by atoms with E-state index >= 15 is 0 Å². The summed E-state index contributed by atoms with van der Waals surface area (Å²) in [4.78, 5) is 17.4. The van der Waals surface area contributed by atoms with E-state index in [9.17, 15) is 18.0 Å². The first-order valence-electron chi connectivity index (χ1n) is 6.65. The van der Waals surface area contributed by atoms with Gasteiger partial charge in [0.25, 0.3) is 5.91 Å². The van der Waals surface area contributed by atoms with Crippen LogP contribution in [0.4, 0.5) is 13.2 Å². The van der Waals surface area contributed by atoms with Crippen LogP contribution in [0, 0.1) is 0 Å². The second kappa shape index (κ2) is 6.29. The van der Waals surface area contributed by atoms with E-state index in [0.717, 1.165) is 20.9 Å². The maximum absolute atomic E-state index is 12.8. The zero-order chi connectivity index (χ0) is 16.4. The number of amides is 1. The van der Waals surface area contributed by atoms with Crippen LogP contribution in [0.3, 0.4) is 0 Å². The molecule has 0 saturated carbocycles. The highest BCUT2D eigenvalue weighted by Crippen LogP contribution is 2.25. The van der Waals surface area contributed by atoms with Crippen LogP contribution in [-0.4, -0.2) is 28.5 Å². The first-order chi connectivity index (χ1) is 10.9. The number of benzene rings is 1. The lowest BCUT2D eigenvalue weighted by Gasteiger charge is -2.22. The molecule has 3 aromatic rings. The number of thiazole rings is 1. The third kappa shape index (κ3) is 3.89. The van der Waals surface area contributed by atoms with Crippen LogP contribution in [0.25, 0.3) is 10.2 Å². The molecule has 2 heterocycles. The highest BCUT2D eigenvalue weighted by Gasteiger charge is 2.34. The van der Waals surface area contributed by atoms with Gasteiger partial charge in [-0.2, -0.15) is 24.5 Å². The maximum atomic E-state index is 12.8. The number of thiophene rings is 1. The van der Waals surface area contributed by atoms with E-state index in [1.807, 2.05) is 0 Å². The smallest absolute Gasteiger partial charge is 0.323 e. The van der Waals surface area contributed by atoms with E-state index in [1.165, 1.54) is 11.3 Å². The first-order valence-corrected chi connectivity index (χ1v) is 8.41. The van der Waals surface area contributed by atoms with Gasteiger partial charge in [0, 0.05) is 6.54 Å². The standard InChI is InChI=1S/C15H11F3N2OS2/c16-15(17,18)9-20(7-10-5-6-22-8-10)14(21)13-19-11-3-1-2-4-12(11)23-13/h1-6,8H,7,9H2. The Morgan fingerprint density at radius 3 is 2.65 bits per heavy atom. The molecule has 1 aromatic carbocycles. The number of nitrogens with zero attached hydrogens (tertiary/aromatic N) is 2. The van der Waals surface area contributed by atoms with E-state index in [1.54, 1.807) is 41.1 Å². The summed E-state index contributed by atoms with van der Waals surface area (Å²) in [7, 11) is 0. The fourth-order valence-electron chi connectivity index (χ4n) is 2.12. The van der Waals surface area contributed by atoms with Crippen molar-refractivity contribution in [1.82, 2.24) is 9.88 Å². The van der Waals surface area contributed by atoms with E-state index in [2.05, 4.69) is 4.98 Å². The summed E-state index contributed by atoms with van der Waals surface area (Å²) in [5.74, 6) is -0.699. The Morgan fingerprint density at radius 2 is 2.00 bits per heavy atom. The minimum absolute atomic E-state index is 0.0747. The summed E-state index contributed by atoms with van der Waals surface area (Å²) in [6.07, 6.45) is -4.46. The lowest BCUT2D eigenvalue weighted by Crippen LogP contribution is -2.38. The van der Waals surface area contributed by atoms with Gasteiger partial charge in [-0.15, -0.1) is 11.3 Å². The molecule has 0 radical (unpaired) electrons. The highest BCUT2D eigenvalue weighted by atomic mass is 32.1. The van der Waals surface area contributed by atoms with Crippen LogP contribution >= 0.6 is 22.7 Å². The van der Waals surface area contributed by atoms with Gasteiger partial charge < -0.3 is 4.90 Å². The normalized spacial score (nSPS) is 11.8. The average molecular weight is 356 g/mol. The lowest BCUT2D eigenvalue weighted by molar-refractivity contribution is -0.141. The van der Waals surface area contributed by atoms with Crippen molar-refractivity contribution in [2.45, 2.75) is 12.7 Å². The van der Waals surface area contributed by atoms with Gasteiger partial charge in [-0.25, -0.2) is 4.98 Å². The summed E-state index contributed by atoms with van der Waals surface area (Å²) < 4.78 is 39.2. The zero-order valence-corrected chi connectivity index (χ0v) is 13.3. The maximum Gasteiger partial charge on any atom is 0.406 e. The van der Waals surface area contributed by atoms with Gasteiger partial charge in [-0.1, -0.05) is 12.1 Å². The average Bonchev–Trinajstić information content (AvgIpc) is 3.13. The Balaban J connectivity index is 1.89. The number of alkyl halides is 3. The number of halogens is 3. The molecule has 0 aliphatic carbocycles. The Morgan fingerprint density at radius 1 is 1.22 bits per heavy atom. The van der Waals surface area contributed by atoms with E-state index in [0.29, 0.717) is 11.1 Å². The quantitative estimate of drug-likeness (QED) is 0.686. The molecule has 3 rings (SSSR count). The van der Waals surface area contributed by atoms with E-state index in [-0.39, 0.29) is 11.6 Å². The van der Waals surface area contributed by atoms with Gasteiger partial charge in [0.2, 0.25) is 0 Å². The molecule has 0 saturated heterocycles. The van der Waals surface area contributed by atoms with Gasteiger partial charge in [-0.3, -0.25) is 4.79 Å². The second-order valence-corrected chi connectivity index (χ2v) is 6.71. The Labute approximate surface area is 138 Å². The number of para-hydroxylation sites is 1. The van der Waals surface area contributed by atoms with Gasteiger partial charge in [0.1, 0.15) is 6.54 Å². The molecule has 0 bridgehead atoms. The van der Waals surface area contributed by atoms with Gasteiger partial charge in [0.15, 0.2) is 5.01 Å². The summed E-state index contributed by atoms with van der Waals surface area (Å²) in [5.41, 5.74) is 1.29. The Hall–Kier alpha value is -1.93. The minimum atomic E-state index is -4.46. The SMILES string of the molecule is O=C(c1nc2ccccc2s1)N(Cc1ccsc1)CC(F)(F)F. The zero-order valence-electron chi connectivity index (χ0n) is 11.7. The van der Waals surface area contributed by atoms with Crippen LogP contribution < -0.4 is 0 Å². The van der Waals surface area contributed by atoms with Gasteiger partial charge in [0.05, 0.1) is 10.2 Å². The number of carbonyl (C=O) groups excluding carboxylic acids is 1. The molecule has 0 atom stereocenters. The molecule has 0 unspecified atom stereocenters. The number of hydrogen-bond acceptors (Lipinski definition) is 4. The topological polar surface area (TPSA) is 33.2 Å². The number of rotatable bonds is 4. The van der Waals surface area contributed by atoms with Crippen LogP contribution in [0.5, 0.6) is 0 Å². The van der Waals surface area contributed by atoms with Crippen LogP contribution in [-0.2, 0) is 6.54 Å². The minimum Gasteiger partial charge on any atom is -0.323 e. The highest BCUT2D eigenvalue weighted by molar-refractivity contribution is 7.20. The first kappa shape index (κ1) is 15.9. The van der Waals surface area contributed by atoms with Crippen molar-refractivity contribution in [3.8, 4) is 0 Å². The number of hydrogen-bond donors (Lipinski definition) is 0. The van der Waals surface area contributed by atoms with Crippen molar-refractivity contribution >= 4 is 38.8 Å². The van der Waals surface area contributed by atoms with Crippen LogP contribution in [0.15, 0.2) is 41.1 Å². The molecular weight excluding hydrogens is 345 g/mol. The van der Waals surface area contributed by atoms with Crippen molar-refractivity contribution < 1.29 is 18.0 Å². The lowest BCUT2D eigenvalue weighted by atomic mass is 10.3. The Bertz CT molecular complexity index is 779. The van der Waals surface area contributed by atoms with E-state index in [4.69, 9.17) is 0 Å². The number of aromatic nitrogens is 1. The molecular formula is C15H11F3N2OS2. The molecule has 3 nitrogen and oxygen atoms in total. The van der Waals surface area contributed by atoms with Crippen LogP contribution in [0.2, 0.25) is 0 Å². The van der Waals surface area contributed by atoms with Crippen molar-refractivity contribution in [1.29, 1.82) is 0 Å². The van der Waals surface area contributed by atoms with Crippen molar-refractivity contribution in [2.75, 3.05) is 6.54 Å². The monoisotopic (exact) mass is 356 g/mol. The molecule has 0 aliphatic rings. The van der Waals surface area contributed by atoms with E-state index < -0.39 is 18.6 Å².